The summed E-state index contributed by atoms with van der Waals surface area (Å²) in [5.74, 6) is 0.232. The Kier molecular flexibility index (Phi) is 6.04. The number of allylic oxidation sites excluding steroid dienone is 1. The van der Waals surface area contributed by atoms with Crippen LogP contribution in [0.4, 0.5) is 0 Å². The molecule has 0 saturated carbocycles. The van der Waals surface area contributed by atoms with E-state index in [9.17, 15) is 9.59 Å². The van der Waals surface area contributed by atoms with E-state index < -0.39 is 5.97 Å². The van der Waals surface area contributed by atoms with E-state index in [4.69, 9.17) is 18.9 Å². The van der Waals surface area contributed by atoms with E-state index in [1.54, 1.807) is 43.2 Å². The molecule has 3 rings (SSSR count). The second-order valence-corrected chi connectivity index (χ2v) is 6.64. The third-order valence-electron chi connectivity index (χ3n) is 5.04. The summed E-state index contributed by atoms with van der Waals surface area (Å²) in [6, 6.07) is 5.36. The Morgan fingerprint density at radius 3 is 2.68 bits per heavy atom. The predicted octanol–water partition coefficient (Wildman–Crippen LogP) is 2.56. The average Bonchev–Trinajstić information content (AvgIpc) is 3.30. The molecule has 150 valence electrons. The lowest BCUT2D eigenvalue weighted by atomic mass is 10.0. The molecule has 1 amide bonds. The van der Waals surface area contributed by atoms with E-state index in [0.717, 1.165) is 12.8 Å². The highest BCUT2D eigenvalue weighted by atomic mass is 16.5. The number of rotatable bonds is 6. The van der Waals surface area contributed by atoms with Gasteiger partial charge >= 0.3 is 5.97 Å². The summed E-state index contributed by atoms with van der Waals surface area (Å²) in [4.78, 5) is 27.2. The maximum absolute atomic E-state index is 13.2. The van der Waals surface area contributed by atoms with Gasteiger partial charge in [-0.15, -0.1) is 0 Å². The zero-order valence-corrected chi connectivity index (χ0v) is 16.6. The molecule has 7 nitrogen and oxygen atoms in total. The van der Waals surface area contributed by atoms with Crippen molar-refractivity contribution in [3.8, 4) is 11.5 Å². The summed E-state index contributed by atoms with van der Waals surface area (Å²) in [6.45, 7) is 2.86. The van der Waals surface area contributed by atoms with Crippen molar-refractivity contribution in [1.82, 2.24) is 4.90 Å². The van der Waals surface area contributed by atoms with Crippen LogP contribution >= 0.6 is 0 Å². The van der Waals surface area contributed by atoms with Crippen LogP contribution in [0.3, 0.4) is 0 Å². The number of carbonyl (C=O) groups excluding carboxylic acids is 2. The fourth-order valence-corrected chi connectivity index (χ4v) is 3.62. The van der Waals surface area contributed by atoms with Gasteiger partial charge < -0.3 is 23.8 Å². The zero-order chi connectivity index (χ0) is 20.3. The zero-order valence-electron chi connectivity index (χ0n) is 16.6. The van der Waals surface area contributed by atoms with Crippen molar-refractivity contribution < 1.29 is 28.5 Å². The van der Waals surface area contributed by atoms with Crippen molar-refractivity contribution >= 4 is 18.0 Å². The van der Waals surface area contributed by atoms with Crippen molar-refractivity contribution in [2.24, 2.45) is 0 Å². The first-order valence-corrected chi connectivity index (χ1v) is 9.17. The van der Waals surface area contributed by atoms with E-state index >= 15 is 0 Å². The van der Waals surface area contributed by atoms with E-state index in [1.807, 2.05) is 0 Å². The number of ether oxygens (including phenoxy) is 4. The number of carbonyl (C=O) groups is 2. The van der Waals surface area contributed by atoms with Crippen LogP contribution in [0, 0.1) is 0 Å². The first-order valence-electron chi connectivity index (χ1n) is 9.17. The van der Waals surface area contributed by atoms with Crippen LogP contribution < -0.4 is 9.47 Å². The molecule has 1 fully saturated rings. The largest absolute Gasteiger partial charge is 0.493 e. The van der Waals surface area contributed by atoms with Crippen molar-refractivity contribution in [1.29, 1.82) is 0 Å². The van der Waals surface area contributed by atoms with Gasteiger partial charge in [-0.1, -0.05) is 12.1 Å². The normalized spacial score (nSPS) is 20.9. The van der Waals surface area contributed by atoms with Gasteiger partial charge in [0.05, 0.1) is 45.1 Å². The van der Waals surface area contributed by atoms with Gasteiger partial charge in [-0.2, -0.15) is 0 Å². The number of esters is 1. The number of methoxy groups -OCH3 is 3. The third kappa shape index (κ3) is 3.62. The smallest absolute Gasteiger partial charge is 0.340 e. The molecule has 1 atom stereocenters. The fraction of sp³-hybridized carbons (Fsp3) is 0.429. The van der Waals surface area contributed by atoms with Gasteiger partial charge in [0.1, 0.15) is 0 Å². The first kappa shape index (κ1) is 19.9. The summed E-state index contributed by atoms with van der Waals surface area (Å²) >= 11 is 0. The van der Waals surface area contributed by atoms with Gasteiger partial charge in [-0.25, -0.2) is 4.79 Å². The highest BCUT2D eigenvalue weighted by Gasteiger charge is 2.38. The number of hydrogen-bond donors (Lipinski definition) is 0. The minimum absolute atomic E-state index is 0.0245. The number of benzene rings is 1. The molecule has 0 aromatic heterocycles. The standard InChI is InChI=1S/C21H25NO6/c1-13-18(21(24)27-4)16(20(23)22(13)12-15-8-6-10-28-15)11-14-7-5-9-17(25-2)19(14)26-3/h5,7,9,11,15H,6,8,10,12H2,1-4H3/b16-11-. The highest BCUT2D eigenvalue weighted by Crippen LogP contribution is 2.37. The van der Waals surface area contributed by atoms with E-state index in [2.05, 4.69) is 0 Å². The number of nitrogens with zero attached hydrogens (tertiary/aromatic N) is 1. The molecule has 1 aromatic carbocycles. The summed E-state index contributed by atoms with van der Waals surface area (Å²) < 4.78 is 21.4. The lowest BCUT2D eigenvalue weighted by Gasteiger charge is -2.21. The number of amides is 1. The maximum Gasteiger partial charge on any atom is 0.340 e. The molecule has 2 aliphatic heterocycles. The third-order valence-corrected chi connectivity index (χ3v) is 5.04. The van der Waals surface area contributed by atoms with Gasteiger partial charge in [0.15, 0.2) is 11.5 Å². The topological polar surface area (TPSA) is 74.3 Å². The van der Waals surface area contributed by atoms with Crippen LogP contribution in [0.1, 0.15) is 25.3 Å². The Labute approximate surface area is 164 Å². The summed E-state index contributed by atoms with van der Waals surface area (Å²) in [5.41, 5.74) is 1.74. The lowest BCUT2D eigenvalue weighted by Crippen LogP contribution is -2.33. The second-order valence-electron chi connectivity index (χ2n) is 6.64. The molecule has 0 N–H and O–H groups in total. The van der Waals surface area contributed by atoms with E-state index in [-0.39, 0.29) is 23.2 Å². The van der Waals surface area contributed by atoms with E-state index in [1.165, 1.54) is 14.2 Å². The molecule has 1 aromatic rings. The molecule has 1 saturated heterocycles. The SMILES string of the molecule is COC(=O)C1=C(C)N(CC2CCCO2)C(=O)/C1=C\c1cccc(OC)c1OC. The minimum atomic E-state index is -0.547. The van der Waals surface area contributed by atoms with Gasteiger partial charge in [0.2, 0.25) is 0 Å². The molecular formula is C21H25NO6. The van der Waals surface area contributed by atoms with Crippen molar-refractivity contribution in [2.75, 3.05) is 34.5 Å². The molecule has 2 aliphatic rings. The van der Waals surface area contributed by atoms with Gasteiger partial charge in [0.25, 0.3) is 5.91 Å². The molecule has 0 bridgehead atoms. The second kappa shape index (κ2) is 8.48. The van der Waals surface area contributed by atoms with Crippen LogP contribution in [0.2, 0.25) is 0 Å². The van der Waals surface area contributed by atoms with Crippen molar-refractivity contribution in [3.63, 3.8) is 0 Å². The fourth-order valence-electron chi connectivity index (χ4n) is 3.62. The Balaban J connectivity index is 2.04. The molecule has 7 heteroatoms. The number of para-hydroxylation sites is 1. The molecule has 0 aliphatic carbocycles. The number of hydrogen-bond acceptors (Lipinski definition) is 6. The Bertz CT molecular complexity index is 835. The van der Waals surface area contributed by atoms with Crippen molar-refractivity contribution in [3.05, 3.63) is 40.6 Å². The lowest BCUT2D eigenvalue weighted by molar-refractivity contribution is -0.136. The predicted molar refractivity (Wildman–Crippen MR) is 103 cm³/mol. The van der Waals surface area contributed by atoms with Crippen LogP contribution in [0.25, 0.3) is 6.08 Å². The molecular weight excluding hydrogens is 362 g/mol. The monoisotopic (exact) mass is 387 g/mol. The van der Waals surface area contributed by atoms with Crippen LogP contribution in [-0.4, -0.2) is 57.4 Å². The average molecular weight is 387 g/mol. The Morgan fingerprint density at radius 2 is 2.07 bits per heavy atom. The Hall–Kier alpha value is -2.80. The quantitative estimate of drug-likeness (QED) is 0.552. The van der Waals surface area contributed by atoms with Crippen LogP contribution in [0.15, 0.2) is 35.0 Å². The summed E-state index contributed by atoms with van der Waals surface area (Å²) in [5, 5.41) is 0. The van der Waals surface area contributed by atoms with Gasteiger partial charge in [0, 0.05) is 17.9 Å². The minimum Gasteiger partial charge on any atom is -0.493 e. The van der Waals surface area contributed by atoms with Crippen LogP contribution in [0.5, 0.6) is 11.5 Å². The molecule has 2 heterocycles. The first-order chi connectivity index (χ1) is 13.5. The Morgan fingerprint density at radius 1 is 1.29 bits per heavy atom. The summed E-state index contributed by atoms with van der Waals surface area (Å²) in [7, 11) is 4.38. The van der Waals surface area contributed by atoms with E-state index in [0.29, 0.717) is 35.9 Å². The molecule has 0 radical (unpaired) electrons. The maximum atomic E-state index is 13.2. The molecule has 1 unspecified atom stereocenters. The van der Waals surface area contributed by atoms with Crippen molar-refractivity contribution in [2.45, 2.75) is 25.9 Å². The van der Waals surface area contributed by atoms with Gasteiger partial charge in [-0.3, -0.25) is 4.79 Å². The highest BCUT2D eigenvalue weighted by molar-refractivity contribution is 6.16. The summed E-state index contributed by atoms with van der Waals surface area (Å²) in [6.07, 6.45) is 3.49. The molecule has 0 spiro atoms. The van der Waals surface area contributed by atoms with Crippen LogP contribution in [-0.2, 0) is 19.1 Å². The van der Waals surface area contributed by atoms with Gasteiger partial charge in [-0.05, 0) is 31.9 Å². The molecule has 28 heavy (non-hydrogen) atoms.